The van der Waals surface area contributed by atoms with Gasteiger partial charge in [0.05, 0.1) is 29.2 Å². The van der Waals surface area contributed by atoms with Crippen LogP contribution in [0, 0.1) is 11.2 Å². The van der Waals surface area contributed by atoms with Crippen molar-refractivity contribution in [1.82, 2.24) is 4.98 Å². The number of pyridine rings is 1. The van der Waals surface area contributed by atoms with E-state index in [1.807, 2.05) is 0 Å². The summed E-state index contributed by atoms with van der Waals surface area (Å²) < 4.78 is 52.8. The van der Waals surface area contributed by atoms with Gasteiger partial charge in [-0.05, 0) is 30.2 Å². The second-order valence-corrected chi connectivity index (χ2v) is 7.03. The highest BCUT2D eigenvalue weighted by Crippen LogP contribution is 2.37. The third-order valence-electron chi connectivity index (χ3n) is 4.48. The molecule has 0 aliphatic heterocycles. The second kappa shape index (κ2) is 7.58. The Kier molecular flexibility index (Phi) is 5.36. The Morgan fingerprint density at radius 2 is 1.79 bits per heavy atom. The van der Waals surface area contributed by atoms with E-state index in [1.54, 1.807) is 36.4 Å². The van der Waals surface area contributed by atoms with Crippen molar-refractivity contribution in [3.8, 4) is 0 Å². The van der Waals surface area contributed by atoms with Crippen molar-refractivity contribution < 1.29 is 22.4 Å². The lowest BCUT2D eigenvalue weighted by Gasteiger charge is -2.29. The molecule has 1 aromatic heterocycles. The van der Waals surface area contributed by atoms with Gasteiger partial charge in [0.15, 0.2) is 0 Å². The molecule has 0 saturated heterocycles. The minimum Gasteiger partial charge on any atom is -0.324 e. The van der Waals surface area contributed by atoms with Gasteiger partial charge in [0, 0.05) is 11.5 Å². The van der Waals surface area contributed by atoms with Gasteiger partial charge in [-0.1, -0.05) is 37.3 Å². The molecular weight excluding hydrogens is 372 g/mol. The molecule has 28 heavy (non-hydrogen) atoms. The van der Waals surface area contributed by atoms with Gasteiger partial charge in [-0.25, -0.2) is 4.39 Å². The second-order valence-electron chi connectivity index (χ2n) is 7.03. The maximum absolute atomic E-state index is 13.3. The van der Waals surface area contributed by atoms with Crippen LogP contribution in [0.1, 0.15) is 18.9 Å². The van der Waals surface area contributed by atoms with E-state index in [1.165, 1.54) is 31.3 Å². The van der Waals surface area contributed by atoms with Gasteiger partial charge in [0.2, 0.25) is 5.91 Å². The number of rotatable bonds is 5. The number of hydrogen-bond donors (Lipinski definition) is 1. The molecule has 1 unspecified atom stereocenters. The Morgan fingerprint density at radius 3 is 2.46 bits per heavy atom. The molecule has 0 aliphatic carbocycles. The number of hydrogen-bond acceptors (Lipinski definition) is 2. The first-order valence-electron chi connectivity index (χ1n) is 8.62. The highest BCUT2D eigenvalue weighted by Gasteiger charge is 2.44. The molecule has 3 nitrogen and oxygen atoms in total. The number of alkyl halides is 3. The molecule has 0 saturated carbocycles. The Bertz CT molecular complexity index is 989. The number of amides is 1. The van der Waals surface area contributed by atoms with Crippen LogP contribution in [0.15, 0.2) is 60.8 Å². The summed E-state index contributed by atoms with van der Waals surface area (Å²) in [5, 5.41) is 3.11. The van der Waals surface area contributed by atoms with Gasteiger partial charge in [0.25, 0.3) is 0 Å². The predicted octanol–water partition coefficient (Wildman–Crippen LogP) is 5.51. The number of benzene rings is 2. The summed E-state index contributed by atoms with van der Waals surface area (Å²) in [5.41, 5.74) is -0.417. The molecule has 0 aliphatic rings. The van der Waals surface area contributed by atoms with Crippen molar-refractivity contribution in [1.29, 1.82) is 0 Å². The van der Waals surface area contributed by atoms with Crippen molar-refractivity contribution in [2.45, 2.75) is 25.9 Å². The summed E-state index contributed by atoms with van der Waals surface area (Å²) >= 11 is 0. The van der Waals surface area contributed by atoms with Gasteiger partial charge >= 0.3 is 6.18 Å². The van der Waals surface area contributed by atoms with Crippen LogP contribution in [0.3, 0.4) is 0 Å². The summed E-state index contributed by atoms with van der Waals surface area (Å²) in [5.74, 6) is -1.20. The lowest BCUT2D eigenvalue weighted by molar-refractivity contribution is -0.164. The smallest absolute Gasteiger partial charge is 0.324 e. The van der Waals surface area contributed by atoms with E-state index >= 15 is 0 Å². The highest BCUT2D eigenvalue weighted by molar-refractivity contribution is 5.96. The van der Waals surface area contributed by atoms with Crippen LogP contribution in [0.4, 0.5) is 23.2 Å². The van der Waals surface area contributed by atoms with Gasteiger partial charge in [-0.3, -0.25) is 9.78 Å². The quantitative estimate of drug-likeness (QED) is 0.584. The van der Waals surface area contributed by atoms with Crippen molar-refractivity contribution in [3.63, 3.8) is 0 Å². The molecule has 1 N–H and O–H groups in total. The normalized spacial score (nSPS) is 13.9. The molecule has 0 radical (unpaired) electrons. The van der Waals surface area contributed by atoms with E-state index in [0.717, 1.165) is 0 Å². The van der Waals surface area contributed by atoms with Gasteiger partial charge in [-0.2, -0.15) is 13.2 Å². The first kappa shape index (κ1) is 19.8. The molecule has 1 amide bonds. The van der Waals surface area contributed by atoms with E-state index < -0.39 is 29.7 Å². The molecule has 146 valence electrons. The molecule has 3 rings (SSSR count). The van der Waals surface area contributed by atoms with Crippen LogP contribution in [-0.4, -0.2) is 17.1 Å². The SMILES string of the molecule is CC(Cc1ccccc1)(CC(F)(F)F)C(=O)Nc1cnc2cc(F)ccc2c1. The third-order valence-corrected chi connectivity index (χ3v) is 4.48. The van der Waals surface area contributed by atoms with E-state index in [2.05, 4.69) is 10.3 Å². The first-order chi connectivity index (χ1) is 13.1. The standard InChI is InChI=1S/C21H18F4N2O/c1-20(13-21(23,24)25,11-14-5-3-2-4-6-14)19(28)27-17-9-15-7-8-16(22)10-18(15)26-12-17/h2-10,12H,11,13H2,1H3,(H,27,28). The zero-order valence-electron chi connectivity index (χ0n) is 15.1. The summed E-state index contributed by atoms with van der Waals surface area (Å²) in [7, 11) is 0. The van der Waals surface area contributed by atoms with Crippen LogP contribution >= 0.6 is 0 Å². The maximum atomic E-state index is 13.3. The minimum atomic E-state index is -4.50. The summed E-state index contributed by atoms with van der Waals surface area (Å²) in [6, 6.07) is 14.1. The van der Waals surface area contributed by atoms with Crippen molar-refractivity contribution in [2.75, 3.05) is 5.32 Å². The Balaban J connectivity index is 1.87. The largest absolute Gasteiger partial charge is 0.390 e. The fraction of sp³-hybridized carbons (Fsp3) is 0.238. The molecule has 7 heteroatoms. The summed E-state index contributed by atoms with van der Waals surface area (Å²) in [4.78, 5) is 16.9. The van der Waals surface area contributed by atoms with Crippen LogP contribution in [0.25, 0.3) is 10.9 Å². The van der Waals surface area contributed by atoms with Crippen molar-refractivity contribution in [3.05, 3.63) is 72.2 Å². The van der Waals surface area contributed by atoms with Gasteiger partial charge < -0.3 is 5.32 Å². The Morgan fingerprint density at radius 1 is 1.07 bits per heavy atom. The third kappa shape index (κ3) is 4.85. The number of nitrogens with one attached hydrogen (secondary N) is 1. The number of carbonyl (C=O) groups is 1. The molecule has 0 bridgehead atoms. The molecular formula is C21H18F4N2O. The van der Waals surface area contributed by atoms with E-state index in [4.69, 9.17) is 0 Å². The van der Waals surface area contributed by atoms with Crippen molar-refractivity contribution in [2.24, 2.45) is 5.41 Å². The zero-order valence-corrected chi connectivity index (χ0v) is 15.1. The zero-order chi connectivity index (χ0) is 20.4. The number of aromatic nitrogens is 1. The van der Waals surface area contributed by atoms with Gasteiger partial charge in [0.1, 0.15) is 5.82 Å². The fourth-order valence-corrected chi connectivity index (χ4v) is 3.16. The minimum absolute atomic E-state index is 0.0641. The molecule has 0 fully saturated rings. The Hall–Kier alpha value is -2.96. The van der Waals surface area contributed by atoms with E-state index in [9.17, 15) is 22.4 Å². The highest BCUT2D eigenvalue weighted by atomic mass is 19.4. The van der Waals surface area contributed by atoms with Crippen LogP contribution in [0.5, 0.6) is 0 Å². The molecule has 3 aromatic rings. The summed E-state index contributed by atoms with van der Waals surface area (Å²) in [6.07, 6.45) is -4.52. The first-order valence-corrected chi connectivity index (χ1v) is 8.62. The average molecular weight is 390 g/mol. The lowest BCUT2D eigenvalue weighted by atomic mass is 9.79. The monoisotopic (exact) mass is 390 g/mol. The van der Waals surface area contributed by atoms with E-state index in [-0.39, 0.29) is 12.1 Å². The molecule has 2 aromatic carbocycles. The lowest BCUT2D eigenvalue weighted by Crippen LogP contribution is -2.39. The Labute approximate surface area is 159 Å². The average Bonchev–Trinajstić information content (AvgIpc) is 2.61. The topological polar surface area (TPSA) is 42.0 Å². The number of halogens is 4. The van der Waals surface area contributed by atoms with Crippen LogP contribution < -0.4 is 5.32 Å². The number of anilines is 1. The van der Waals surface area contributed by atoms with E-state index in [0.29, 0.717) is 16.5 Å². The van der Waals surface area contributed by atoms with Crippen molar-refractivity contribution >= 4 is 22.5 Å². The van der Waals surface area contributed by atoms with Crippen LogP contribution in [0.2, 0.25) is 0 Å². The molecule has 0 spiro atoms. The number of fused-ring (bicyclic) bond motifs is 1. The van der Waals surface area contributed by atoms with Gasteiger partial charge in [-0.15, -0.1) is 0 Å². The predicted molar refractivity (Wildman–Crippen MR) is 99.3 cm³/mol. The number of carbonyl (C=O) groups excluding carboxylic acids is 1. The number of nitrogens with zero attached hydrogens (tertiary/aromatic N) is 1. The molecule has 1 atom stereocenters. The fourth-order valence-electron chi connectivity index (χ4n) is 3.16. The maximum Gasteiger partial charge on any atom is 0.390 e. The molecule has 1 heterocycles. The summed E-state index contributed by atoms with van der Waals surface area (Å²) in [6.45, 7) is 1.30. The van der Waals surface area contributed by atoms with Crippen LogP contribution in [-0.2, 0) is 11.2 Å².